The molecule has 0 fully saturated rings. The lowest BCUT2D eigenvalue weighted by molar-refractivity contribution is -0.121. The van der Waals surface area contributed by atoms with Crippen molar-refractivity contribution in [2.75, 3.05) is 11.4 Å². The lowest BCUT2D eigenvalue weighted by Crippen LogP contribution is -2.38. The Morgan fingerprint density at radius 1 is 1.37 bits per heavy atom. The highest BCUT2D eigenvalue weighted by atomic mass is 35.7. The van der Waals surface area contributed by atoms with Gasteiger partial charge in [0.1, 0.15) is 0 Å². The molecule has 19 heavy (non-hydrogen) atoms. The van der Waals surface area contributed by atoms with Gasteiger partial charge in [0.05, 0.1) is 4.90 Å². The molecule has 1 amide bonds. The zero-order chi connectivity index (χ0) is 14.2. The molecule has 1 aliphatic rings. The van der Waals surface area contributed by atoms with Crippen molar-refractivity contribution < 1.29 is 13.2 Å². The van der Waals surface area contributed by atoms with E-state index in [0.717, 1.165) is 24.1 Å². The van der Waals surface area contributed by atoms with Gasteiger partial charge in [0.2, 0.25) is 5.91 Å². The normalized spacial score (nSPS) is 15.5. The Labute approximate surface area is 117 Å². The maximum atomic E-state index is 12.1. The molecular formula is C13H16ClNO3S. The molecule has 6 heteroatoms. The van der Waals surface area contributed by atoms with E-state index in [9.17, 15) is 13.2 Å². The Balaban J connectivity index is 2.45. The Hall–Kier alpha value is -1.07. The van der Waals surface area contributed by atoms with E-state index in [1.165, 1.54) is 6.07 Å². The standard InChI is InChI=1S/C13H16ClNO3S/c1-9(2)13(16)15-7-3-4-10-8-11(19(14,17)18)5-6-12(10)15/h5-6,8-9H,3-4,7H2,1-2H3. The second kappa shape index (κ2) is 5.13. The van der Waals surface area contributed by atoms with Gasteiger partial charge in [-0.25, -0.2) is 8.42 Å². The lowest BCUT2D eigenvalue weighted by atomic mass is 10.0. The van der Waals surface area contributed by atoms with Crippen LogP contribution in [-0.2, 0) is 20.3 Å². The number of hydrogen-bond donors (Lipinski definition) is 0. The number of carbonyl (C=O) groups is 1. The molecule has 0 aliphatic carbocycles. The van der Waals surface area contributed by atoms with Gasteiger partial charge < -0.3 is 4.90 Å². The smallest absolute Gasteiger partial charge is 0.261 e. The van der Waals surface area contributed by atoms with Gasteiger partial charge in [-0.1, -0.05) is 13.8 Å². The predicted molar refractivity (Wildman–Crippen MR) is 75.0 cm³/mol. The molecule has 0 atom stereocenters. The molecule has 0 N–H and O–H groups in total. The van der Waals surface area contributed by atoms with Crippen molar-refractivity contribution in [3.8, 4) is 0 Å². The summed E-state index contributed by atoms with van der Waals surface area (Å²) in [6.45, 7) is 4.39. The summed E-state index contributed by atoms with van der Waals surface area (Å²) < 4.78 is 22.7. The van der Waals surface area contributed by atoms with Crippen molar-refractivity contribution in [1.29, 1.82) is 0 Å². The minimum absolute atomic E-state index is 0.0578. The van der Waals surface area contributed by atoms with E-state index in [1.54, 1.807) is 17.0 Å². The van der Waals surface area contributed by atoms with Crippen LogP contribution in [0.4, 0.5) is 5.69 Å². The van der Waals surface area contributed by atoms with Gasteiger partial charge in [-0.3, -0.25) is 4.79 Å². The number of aryl methyl sites for hydroxylation is 1. The van der Waals surface area contributed by atoms with Crippen LogP contribution in [0, 0.1) is 5.92 Å². The van der Waals surface area contributed by atoms with Gasteiger partial charge in [0, 0.05) is 28.8 Å². The van der Waals surface area contributed by atoms with E-state index in [4.69, 9.17) is 10.7 Å². The van der Waals surface area contributed by atoms with Gasteiger partial charge in [0.15, 0.2) is 0 Å². The molecule has 1 heterocycles. The van der Waals surface area contributed by atoms with Crippen LogP contribution in [-0.4, -0.2) is 20.9 Å². The molecule has 2 rings (SSSR count). The van der Waals surface area contributed by atoms with Crippen LogP contribution < -0.4 is 4.90 Å². The summed E-state index contributed by atoms with van der Waals surface area (Å²) in [5.41, 5.74) is 1.66. The second-order valence-corrected chi connectivity index (χ2v) is 7.54. The van der Waals surface area contributed by atoms with E-state index in [1.807, 2.05) is 13.8 Å². The van der Waals surface area contributed by atoms with Gasteiger partial charge in [-0.15, -0.1) is 0 Å². The van der Waals surface area contributed by atoms with Crippen molar-refractivity contribution in [3.05, 3.63) is 23.8 Å². The molecule has 104 valence electrons. The molecular weight excluding hydrogens is 286 g/mol. The molecule has 0 bridgehead atoms. The zero-order valence-corrected chi connectivity index (χ0v) is 12.5. The molecule has 1 aliphatic heterocycles. The van der Waals surface area contributed by atoms with Crippen LogP contribution in [0.15, 0.2) is 23.1 Å². The first-order valence-corrected chi connectivity index (χ1v) is 8.50. The molecule has 4 nitrogen and oxygen atoms in total. The second-order valence-electron chi connectivity index (χ2n) is 4.98. The van der Waals surface area contributed by atoms with E-state index < -0.39 is 9.05 Å². The van der Waals surface area contributed by atoms with Gasteiger partial charge in [-0.05, 0) is 36.6 Å². The van der Waals surface area contributed by atoms with Crippen molar-refractivity contribution in [3.63, 3.8) is 0 Å². The molecule has 0 saturated heterocycles. The molecule has 0 saturated carbocycles. The molecule has 0 radical (unpaired) electrons. The van der Waals surface area contributed by atoms with Crippen molar-refractivity contribution in [1.82, 2.24) is 0 Å². The highest BCUT2D eigenvalue weighted by molar-refractivity contribution is 8.13. The van der Waals surface area contributed by atoms with E-state index in [0.29, 0.717) is 6.54 Å². The molecule has 0 spiro atoms. The number of nitrogens with zero attached hydrogens (tertiary/aromatic N) is 1. The fourth-order valence-electron chi connectivity index (χ4n) is 2.27. The number of fused-ring (bicyclic) bond motifs is 1. The maximum Gasteiger partial charge on any atom is 0.261 e. The Bertz CT molecular complexity index is 610. The number of halogens is 1. The summed E-state index contributed by atoms with van der Waals surface area (Å²) >= 11 is 0. The Morgan fingerprint density at radius 2 is 2.05 bits per heavy atom. The highest BCUT2D eigenvalue weighted by Gasteiger charge is 2.25. The SMILES string of the molecule is CC(C)C(=O)N1CCCc2cc(S(=O)(=O)Cl)ccc21. The van der Waals surface area contributed by atoms with Crippen molar-refractivity contribution in [2.24, 2.45) is 5.92 Å². The van der Waals surface area contributed by atoms with Crippen molar-refractivity contribution in [2.45, 2.75) is 31.6 Å². The first-order chi connectivity index (χ1) is 8.80. The average Bonchev–Trinajstić information content (AvgIpc) is 2.35. The van der Waals surface area contributed by atoms with Gasteiger partial charge in [-0.2, -0.15) is 0 Å². The Morgan fingerprint density at radius 3 is 2.63 bits per heavy atom. The van der Waals surface area contributed by atoms with Crippen LogP contribution in [0.3, 0.4) is 0 Å². The van der Waals surface area contributed by atoms with Crippen LogP contribution in [0.5, 0.6) is 0 Å². The quantitative estimate of drug-likeness (QED) is 0.789. The number of hydrogen-bond acceptors (Lipinski definition) is 3. The maximum absolute atomic E-state index is 12.1. The van der Waals surface area contributed by atoms with E-state index >= 15 is 0 Å². The Kier molecular flexibility index (Phi) is 3.87. The van der Waals surface area contributed by atoms with E-state index in [-0.39, 0.29) is 16.7 Å². The minimum Gasteiger partial charge on any atom is -0.312 e. The fourth-order valence-corrected chi connectivity index (χ4v) is 3.07. The van der Waals surface area contributed by atoms with Gasteiger partial charge in [0.25, 0.3) is 9.05 Å². The average molecular weight is 302 g/mol. The summed E-state index contributed by atoms with van der Waals surface area (Å²) in [6.07, 6.45) is 1.59. The van der Waals surface area contributed by atoms with Crippen LogP contribution in [0.25, 0.3) is 0 Å². The first-order valence-electron chi connectivity index (χ1n) is 6.19. The van der Waals surface area contributed by atoms with Crippen LogP contribution in [0.2, 0.25) is 0 Å². The molecule has 0 unspecified atom stereocenters. The third-order valence-electron chi connectivity index (χ3n) is 3.21. The monoisotopic (exact) mass is 301 g/mol. The summed E-state index contributed by atoms with van der Waals surface area (Å²) in [4.78, 5) is 13.9. The third kappa shape index (κ3) is 2.92. The zero-order valence-electron chi connectivity index (χ0n) is 10.9. The minimum atomic E-state index is -3.72. The van der Waals surface area contributed by atoms with Gasteiger partial charge >= 0.3 is 0 Å². The van der Waals surface area contributed by atoms with Crippen LogP contribution >= 0.6 is 10.7 Å². The van der Waals surface area contributed by atoms with Crippen LogP contribution in [0.1, 0.15) is 25.8 Å². The number of anilines is 1. The molecule has 1 aromatic rings. The lowest BCUT2D eigenvalue weighted by Gasteiger charge is -2.31. The molecule has 0 aromatic heterocycles. The fraction of sp³-hybridized carbons (Fsp3) is 0.462. The van der Waals surface area contributed by atoms with Crippen molar-refractivity contribution >= 4 is 31.3 Å². The number of carbonyl (C=O) groups excluding carboxylic acids is 1. The number of benzene rings is 1. The molecule has 1 aromatic carbocycles. The first kappa shape index (κ1) is 14.3. The summed E-state index contributed by atoms with van der Waals surface area (Å²) in [5, 5.41) is 0. The summed E-state index contributed by atoms with van der Waals surface area (Å²) in [7, 11) is 1.62. The summed E-state index contributed by atoms with van der Waals surface area (Å²) in [5.74, 6) is -0.0233. The van der Waals surface area contributed by atoms with E-state index in [2.05, 4.69) is 0 Å². The third-order valence-corrected chi connectivity index (χ3v) is 4.56. The topological polar surface area (TPSA) is 54.5 Å². The number of amides is 1. The summed E-state index contributed by atoms with van der Waals surface area (Å²) in [6, 6.07) is 4.69. The predicted octanol–water partition coefficient (Wildman–Crippen LogP) is 2.55. The number of rotatable bonds is 2. The highest BCUT2D eigenvalue weighted by Crippen LogP contribution is 2.31. The largest absolute Gasteiger partial charge is 0.312 e.